The van der Waals surface area contributed by atoms with Crippen LogP contribution in [0.1, 0.15) is 0 Å². The molecule has 0 radical (unpaired) electrons. The highest BCUT2D eigenvalue weighted by atomic mass is 32.2. The highest BCUT2D eigenvalue weighted by Gasteiger charge is 2.30. The first-order chi connectivity index (χ1) is 6.52. The smallest absolute Gasteiger partial charge is 0.406 e. The number of hydrogen-bond donors (Lipinski definition) is 0. The van der Waals surface area contributed by atoms with Crippen LogP contribution in [0.25, 0.3) is 0 Å². The van der Waals surface area contributed by atoms with Crippen molar-refractivity contribution in [2.75, 3.05) is 6.26 Å². The summed E-state index contributed by atoms with van der Waals surface area (Å²) in [6.45, 7) is 6.07. The lowest BCUT2D eigenvalue weighted by molar-refractivity contribution is -0.303. The molecule has 0 heterocycles. The fourth-order valence-corrected chi connectivity index (χ4v) is 0.807. The van der Waals surface area contributed by atoms with Gasteiger partial charge in [0, 0.05) is 6.26 Å². The Morgan fingerprint density at radius 2 is 1.73 bits per heavy atom. The van der Waals surface area contributed by atoms with E-state index in [1.54, 1.807) is 0 Å². The Balaban J connectivity index is 4.45. The second-order valence-corrected chi connectivity index (χ2v) is 4.65. The lowest BCUT2D eigenvalue weighted by Crippen LogP contribution is -2.11. The minimum absolute atomic E-state index is 0.325. The lowest BCUT2D eigenvalue weighted by atomic mass is 10.4. The van der Waals surface area contributed by atoms with Gasteiger partial charge in [0.25, 0.3) is 0 Å². The SMILES string of the molecule is C=C(/C=C\C(=C)S(C)(=O)=O)OC(F)(F)F. The number of ether oxygens (including phenoxy) is 1. The van der Waals surface area contributed by atoms with Crippen LogP contribution in [0.5, 0.6) is 0 Å². The molecular formula is C8H9F3O3S. The molecule has 0 aliphatic carbocycles. The zero-order chi connectivity index (χ0) is 12.3. The van der Waals surface area contributed by atoms with Crippen LogP contribution in [-0.2, 0) is 14.6 Å². The highest BCUT2D eigenvalue weighted by Crippen LogP contribution is 2.20. The fourth-order valence-electron chi connectivity index (χ4n) is 0.492. The van der Waals surface area contributed by atoms with Gasteiger partial charge in [0.05, 0.1) is 4.91 Å². The molecule has 0 fully saturated rings. The van der Waals surface area contributed by atoms with Crippen LogP contribution in [0, 0.1) is 0 Å². The molecule has 0 atom stereocenters. The molecule has 0 rings (SSSR count). The van der Waals surface area contributed by atoms with E-state index >= 15 is 0 Å². The fraction of sp³-hybridized carbons (Fsp3) is 0.250. The van der Waals surface area contributed by atoms with E-state index in [-0.39, 0.29) is 4.91 Å². The second kappa shape index (κ2) is 4.52. The van der Waals surface area contributed by atoms with Gasteiger partial charge in [-0.2, -0.15) is 0 Å². The van der Waals surface area contributed by atoms with E-state index in [2.05, 4.69) is 17.9 Å². The summed E-state index contributed by atoms with van der Waals surface area (Å²) in [6.07, 6.45) is -2.30. The van der Waals surface area contributed by atoms with E-state index in [1.165, 1.54) is 0 Å². The Kier molecular flexibility index (Phi) is 4.15. The minimum Gasteiger partial charge on any atom is -0.406 e. The molecule has 86 valence electrons. The minimum atomic E-state index is -4.84. The van der Waals surface area contributed by atoms with Crippen molar-refractivity contribution >= 4 is 9.84 Å². The number of sulfone groups is 1. The molecule has 7 heteroatoms. The molecular weight excluding hydrogens is 233 g/mol. The van der Waals surface area contributed by atoms with Gasteiger partial charge in [-0.3, -0.25) is 0 Å². The summed E-state index contributed by atoms with van der Waals surface area (Å²) in [7, 11) is -3.50. The average molecular weight is 242 g/mol. The van der Waals surface area contributed by atoms with Crippen LogP contribution in [0.2, 0.25) is 0 Å². The number of halogens is 3. The zero-order valence-corrected chi connectivity index (χ0v) is 8.65. The van der Waals surface area contributed by atoms with E-state index in [9.17, 15) is 21.6 Å². The highest BCUT2D eigenvalue weighted by molar-refractivity contribution is 7.94. The van der Waals surface area contributed by atoms with Gasteiger partial charge in [-0.05, 0) is 12.2 Å². The van der Waals surface area contributed by atoms with Crippen molar-refractivity contribution in [2.45, 2.75) is 6.36 Å². The summed E-state index contributed by atoms with van der Waals surface area (Å²) in [5.41, 5.74) is 0. The molecule has 3 nitrogen and oxygen atoms in total. The number of allylic oxidation sites excluding steroid dienone is 2. The summed E-state index contributed by atoms with van der Waals surface area (Å²) in [5, 5.41) is 0. The van der Waals surface area contributed by atoms with Crippen molar-refractivity contribution in [2.24, 2.45) is 0 Å². The first kappa shape index (κ1) is 13.8. The maximum atomic E-state index is 11.6. The molecule has 0 aromatic rings. The monoisotopic (exact) mass is 242 g/mol. The van der Waals surface area contributed by atoms with Crippen molar-refractivity contribution in [1.82, 2.24) is 0 Å². The van der Waals surface area contributed by atoms with Crippen molar-refractivity contribution in [1.29, 1.82) is 0 Å². The molecule has 15 heavy (non-hydrogen) atoms. The summed E-state index contributed by atoms with van der Waals surface area (Å²) >= 11 is 0. The van der Waals surface area contributed by atoms with Gasteiger partial charge in [0.1, 0.15) is 5.76 Å². The molecule has 0 N–H and O–H groups in total. The van der Waals surface area contributed by atoms with E-state index in [1.807, 2.05) is 0 Å². The van der Waals surface area contributed by atoms with E-state index in [4.69, 9.17) is 0 Å². The van der Waals surface area contributed by atoms with E-state index < -0.39 is 22.0 Å². The quantitative estimate of drug-likeness (QED) is 0.560. The molecule has 0 saturated carbocycles. The Bertz CT molecular complexity index is 390. The Morgan fingerprint density at radius 3 is 2.07 bits per heavy atom. The summed E-state index contributed by atoms with van der Waals surface area (Å²) in [6, 6.07) is 0. The first-order valence-corrected chi connectivity index (χ1v) is 5.43. The second-order valence-electron chi connectivity index (χ2n) is 2.59. The van der Waals surface area contributed by atoms with Crippen molar-refractivity contribution in [3.8, 4) is 0 Å². The maximum Gasteiger partial charge on any atom is 0.573 e. The molecule has 0 unspecified atom stereocenters. The van der Waals surface area contributed by atoms with Crippen LogP contribution >= 0.6 is 0 Å². The van der Waals surface area contributed by atoms with Gasteiger partial charge < -0.3 is 4.74 Å². The molecule has 0 aromatic carbocycles. The topological polar surface area (TPSA) is 43.4 Å². The molecule has 0 saturated heterocycles. The van der Waals surface area contributed by atoms with Gasteiger partial charge in [0.2, 0.25) is 0 Å². The van der Waals surface area contributed by atoms with E-state index in [0.29, 0.717) is 0 Å². The summed E-state index contributed by atoms with van der Waals surface area (Å²) < 4.78 is 59.8. The molecule has 0 aliphatic heterocycles. The largest absolute Gasteiger partial charge is 0.573 e. The number of hydrogen-bond acceptors (Lipinski definition) is 3. The van der Waals surface area contributed by atoms with Crippen LogP contribution in [0.4, 0.5) is 13.2 Å². The Labute approximate surface area is 85.5 Å². The summed E-state index contributed by atoms with van der Waals surface area (Å²) in [5.74, 6) is -0.715. The molecule has 0 bridgehead atoms. The third kappa shape index (κ3) is 6.78. The van der Waals surface area contributed by atoms with Gasteiger partial charge in [-0.1, -0.05) is 13.2 Å². The van der Waals surface area contributed by atoms with Gasteiger partial charge >= 0.3 is 6.36 Å². The standard InChI is InChI=1S/C8H9F3O3S/c1-6(14-8(9,10)11)4-5-7(2)15(3,12)13/h4-5H,1-2H2,3H3/b5-4-. The van der Waals surface area contributed by atoms with Crippen LogP contribution < -0.4 is 0 Å². The van der Waals surface area contributed by atoms with Gasteiger partial charge in [0.15, 0.2) is 9.84 Å². The lowest BCUT2D eigenvalue weighted by Gasteiger charge is -2.07. The van der Waals surface area contributed by atoms with Crippen molar-refractivity contribution in [3.63, 3.8) is 0 Å². The van der Waals surface area contributed by atoms with Gasteiger partial charge in [-0.25, -0.2) is 8.42 Å². The normalized spacial score (nSPS) is 12.8. The predicted molar refractivity (Wildman–Crippen MR) is 49.4 cm³/mol. The van der Waals surface area contributed by atoms with Crippen LogP contribution in [0.3, 0.4) is 0 Å². The molecule has 0 amide bonds. The van der Waals surface area contributed by atoms with E-state index in [0.717, 1.165) is 18.4 Å². The zero-order valence-electron chi connectivity index (χ0n) is 7.84. The Hall–Kier alpha value is -1.24. The molecule has 0 aromatic heterocycles. The number of alkyl halides is 3. The molecule has 0 spiro atoms. The third-order valence-corrected chi connectivity index (χ3v) is 2.27. The number of rotatable bonds is 4. The third-order valence-electron chi connectivity index (χ3n) is 1.18. The van der Waals surface area contributed by atoms with Crippen LogP contribution in [-0.4, -0.2) is 21.0 Å². The van der Waals surface area contributed by atoms with Gasteiger partial charge in [-0.15, -0.1) is 13.2 Å². The maximum absolute atomic E-state index is 11.6. The molecule has 0 aliphatic rings. The summed E-state index contributed by atoms with van der Waals surface area (Å²) in [4.78, 5) is -0.325. The Morgan fingerprint density at radius 1 is 1.27 bits per heavy atom. The van der Waals surface area contributed by atoms with Crippen molar-refractivity contribution < 1.29 is 26.3 Å². The van der Waals surface area contributed by atoms with Crippen molar-refractivity contribution in [3.05, 3.63) is 36.0 Å². The first-order valence-electron chi connectivity index (χ1n) is 3.54. The predicted octanol–water partition coefficient (Wildman–Crippen LogP) is 2.15. The van der Waals surface area contributed by atoms with Crippen LogP contribution in [0.15, 0.2) is 36.0 Å². The average Bonchev–Trinajstić information content (AvgIpc) is 1.94.